The van der Waals surface area contributed by atoms with Crippen molar-refractivity contribution in [2.75, 3.05) is 10.6 Å². The van der Waals surface area contributed by atoms with Crippen LogP contribution >= 0.6 is 0 Å². The highest BCUT2D eigenvalue weighted by atomic mass is 15.2. The van der Waals surface area contributed by atoms with Crippen LogP contribution in [0.4, 0.5) is 17.1 Å². The van der Waals surface area contributed by atoms with Gasteiger partial charge in [-0.15, -0.1) is 0 Å². The molecule has 2 unspecified atom stereocenters. The third-order valence-corrected chi connectivity index (χ3v) is 8.13. The van der Waals surface area contributed by atoms with E-state index in [1.165, 1.54) is 55.6 Å². The molecule has 0 bridgehead atoms. The average molecular weight is 464 g/mol. The molecule has 0 saturated carbocycles. The Morgan fingerprint density at radius 2 is 1.39 bits per heavy atom. The van der Waals surface area contributed by atoms with Crippen LogP contribution in [-0.4, -0.2) is 4.57 Å². The number of rotatable bonds is 2. The van der Waals surface area contributed by atoms with Crippen molar-refractivity contribution in [3.8, 4) is 5.69 Å². The van der Waals surface area contributed by atoms with Gasteiger partial charge in [0.25, 0.3) is 0 Å². The van der Waals surface area contributed by atoms with Crippen LogP contribution in [0.5, 0.6) is 0 Å². The monoisotopic (exact) mass is 463 g/mol. The molecule has 1 aromatic heterocycles. The number of para-hydroxylation sites is 2. The van der Waals surface area contributed by atoms with E-state index in [1.54, 1.807) is 0 Å². The van der Waals surface area contributed by atoms with Gasteiger partial charge < -0.3 is 15.2 Å². The van der Waals surface area contributed by atoms with Gasteiger partial charge in [-0.05, 0) is 77.7 Å². The number of nitrogens with two attached hydrogens (primary N) is 1. The summed E-state index contributed by atoms with van der Waals surface area (Å²) in [7, 11) is 0. The number of aromatic nitrogens is 1. The molecular formula is C33H25N3. The van der Waals surface area contributed by atoms with Gasteiger partial charge in [-0.25, -0.2) is 0 Å². The number of hydrogen-bond acceptors (Lipinski definition) is 2. The third kappa shape index (κ3) is 2.63. The lowest BCUT2D eigenvalue weighted by Crippen LogP contribution is -2.19. The van der Waals surface area contributed by atoms with Gasteiger partial charge in [0.05, 0.1) is 17.1 Å². The minimum Gasteiger partial charge on any atom is -0.399 e. The lowest BCUT2D eigenvalue weighted by molar-refractivity contribution is 0.634. The van der Waals surface area contributed by atoms with Crippen molar-refractivity contribution >= 4 is 38.9 Å². The van der Waals surface area contributed by atoms with Crippen LogP contribution in [0.25, 0.3) is 27.5 Å². The molecule has 3 heteroatoms. The van der Waals surface area contributed by atoms with Gasteiger partial charge >= 0.3 is 0 Å². The van der Waals surface area contributed by atoms with Crippen LogP contribution in [0.3, 0.4) is 0 Å². The topological polar surface area (TPSA) is 34.2 Å². The van der Waals surface area contributed by atoms with Gasteiger partial charge in [0.1, 0.15) is 0 Å². The first-order valence-electron chi connectivity index (χ1n) is 12.6. The van der Waals surface area contributed by atoms with E-state index in [9.17, 15) is 0 Å². The zero-order valence-corrected chi connectivity index (χ0v) is 19.8. The van der Waals surface area contributed by atoms with Crippen molar-refractivity contribution in [1.29, 1.82) is 0 Å². The molecular weight excluding hydrogens is 438 g/mol. The second-order valence-electron chi connectivity index (χ2n) is 10.0. The first kappa shape index (κ1) is 19.8. The Balaban J connectivity index is 1.38. The Bertz CT molecular complexity index is 1800. The number of nitrogen functional groups attached to an aromatic ring is 1. The molecule has 0 fully saturated rings. The second kappa shape index (κ2) is 7.25. The van der Waals surface area contributed by atoms with Crippen molar-refractivity contribution in [1.82, 2.24) is 4.57 Å². The fourth-order valence-corrected chi connectivity index (χ4v) is 6.68. The van der Waals surface area contributed by atoms with Crippen LogP contribution in [0.15, 0.2) is 115 Å². The maximum absolute atomic E-state index is 6.28. The van der Waals surface area contributed by atoms with Crippen LogP contribution in [-0.2, 0) is 6.42 Å². The Hall–Kier alpha value is -4.50. The highest BCUT2D eigenvalue weighted by Crippen LogP contribution is 2.58. The first-order chi connectivity index (χ1) is 17.8. The molecule has 2 aliphatic rings. The largest absolute Gasteiger partial charge is 0.399 e. The fourth-order valence-electron chi connectivity index (χ4n) is 6.68. The summed E-state index contributed by atoms with van der Waals surface area (Å²) < 4.78 is 2.38. The third-order valence-electron chi connectivity index (χ3n) is 8.13. The molecule has 8 rings (SSSR count). The lowest BCUT2D eigenvalue weighted by atomic mass is 9.95. The highest BCUT2D eigenvalue weighted by Gasteiger charge is 2.45. The van der Waals surface area contributed by atoms with E-state index >= 15 is 0 Å². The summed E-state index contributed by atoms with van der Waals surface area (Å²) in [6, 6.07) is 42.0. The van der Waals surface area contributed by atoms with Crippen LogP contribution in [0.2, 0.25) is 0 Å². The van der Waals surface area contributed by atoms with E-state index < -0.39 is 0 Å². The van der Waals surface area contributed by atoms with Gasteiger partial charge in [-0.3, -0.25) is 0 Å². The highest BCUT2D eigenvalue weighted by molar-refractivity contribution is 6.10. The number of anilines is 3. The van der Waals surface area contributed by atoms with E-state index in [0.717, 1.165) is 12.1 Å². The summed E-state index contributed by atoms with van der Waals surface area (Å²) in [6.07, 6.45) is 1.06. The maximum atomic E-state index is 6.28. The fraction of sp³-hybridized carbons (Fsp3) is 0.0909. The number of hydrogen-bond donors (Lipinski definition) is 1. The number of fused-ring (bicyclic) bond motifs is 8. The van der Waals surface area contributed by atoms with Crippen molar-refractivity contribution < 1.29 is 0 Å². The van der Waals surface area contributed by atoms with Crippen molar-refractivity contribution in [3.63, 3.8) is 0 Å². The quantitative estimate of drug-likeness (QED) is 0.265. The van der Waals surface area contributed by atoms with Crippen molar-refractivity contribution in [2.24, 2.45) is 0 Å². The second-order valence-corrected chi connectivity index (χ2v) is 10.0. The molecule has 3 nitrogen and oxygen atoms in total. The zero-order valence-electron chi connectivity index (χ0n) is 19.8. The lowest BCUT2D eigenvalue weighted by Gasteiger charge is -2.28. The molecule has 6 aromatic rings. The average Bonchev–Trinajstić information content (AvgIpc) is 3.56. The molecule has 36 heavy (non-hydrogen) atoms. The Morgan fingerprint density at radius 3 is 2.31 bits per heavy atom. The van der Waals surface area contributed by atoms with Gasteiger partial charge in [0, 0.05) is 39.4 Å². The molecule has 0 radical (unpaired) electrons. The van der Waals surface area contributed by atoms with Crippen molar-refractivity contribution in [3.05, 3.63) is 132 Å². The zero-order chi connectivity index (χ0) is 23.8. The normalized spacial score (nSPS) is 17.9. The van der Waals surface area contributed by atoms with Crippen molar-refractivity contribution in [2.45, 2.75) is 18.4 Å². The molecule has 1 aliphatic heterocycles. The van der Waals surface area contributed by atoms with Gasteiger partial charge in [-0.1, -0.05) is 60.7 Å². The molecule has 2 N–H and O–H groups in total. The smallest absolute Gasteiger partial charge is 0.0666 e. The van der Waals surface area contributed by atoms with Crippen LogP contribution in [0, 0.1) is 0 Å². The molecule has 1 aliphatic carbocycles. The van der Waals surface area contributed by atoms with E-state index in [-0.39, 0.29) is 6.04 Å². The van der Waals surface area contributed by atoms with Gasteiger partial charge in [-0.2, -0.15) is 0 Å². The van der Waals surface area contributed by atoms with Gasteiger partial charge in [0.15, 0.2) is 0 Å². The predicted octanol–water partition coefficient (Wildman–Crippen LogP) is 7.90. The summed E-state index contributed by atoms with van der Waals surface area (Å²) in [5.41, 5.74) is 17.5. The molecule has 2 atom stereocenters. The Morgan fingerprint density at radius 1 is 0.611 bits per heavy atom. The van der Waals surface area contributed by atoms with E-state index in [4.69, 9.17) is 5.73 Å². The summed E-state index contributed by atoms with van der Waals surface area (Å²) in [6.45, 7) is 0. The SMILES string of the molecule is Nc1ccc2c(c1)C1Cc3ccccc3C1N2c1ccc2c(c1)c1ccccc1n2-c1ccccc1. The van der Waals surface area contributed by atoms with E-state index in [2.05, 4.69) is 119 Å². The van der Waals surface area contributed by atoms with Gasteiger partial charge in [0.2, 0.25) is 0 Å². The standard InChI is InChI=1S/C33H25N3/c34-22-14-16-32-27(19-22)29-18-21-8-4-5-11-25(21)33(29)36(32)24-15-17-31-28(20-24)26-12-6-7-13-30(26)35(31)23-9-2-1-3-10-23/h1-17,19-20,29,33H,18,34H2. The number of benzene rings is 5. The molecule has 0 saturated heterocycles. The first-order valence-corrected chi connectivity index (χ1v) is 12.6. The predicted molar refractivity (Wildman–Crippen MR) is 149 cm³/mol. The molecule has 2 heterocycles. The summed E-state index contributed by atoms with van der Waals surface area (Å²) in [4.78, 5) is 2.55. The minimum absolute atomic E-state index is 0.290. The maximum Gasteiger partial charge on any atom is 0.0666 e. The molecule has 0 amide bonds. The molecule has 0 spiro atoms. The summed E-state index contributed by atoms with van der Waals surface area (Å²) in [5.74, 6) is 0.419. The Kier molecular flexibility index (Phi) is 3.98. The summed E-state index contributed by atoms with van der Waals surface area (Å²) >= 11 is 0. The minimum atomic E-state index is 0.290. The van der Waals surface area contributed by atoms with E-state index in [1.807, 2.05) is 6.07 Å². The summed E-state index contributed by atoms with van der Waals surface area (Å²) in [5, 5.41) is 2.55. The van der Waals surface area contributed by atoms with Crippen LogP contribution in [0.1, 0.15) is 28.7 Å². The van der Waals surface area contributed by atoms with Crippen LogP contribution < -0.4 is 10.6 Å². The molecule has 172 valence electrons. The molecule has 5 aromatic carbocycles. The van der Waals surface area contributed by atoms with E-state index in [0.29, 0.717) is 5.92 Å². The Labute approximate surface area is 210 Å². The number of nitrogens with zero attached hydrogens (tertiary/aromatic N) is 2.